The van der Waals surface area contributed by atoms with E-state index in [9.17, 15) is 4.79 Å². The second-order valence-electron chi connectivity index (χ2n) is 5.77. The quantitative estimate of drug-likeness (QED) is 0.900. The number of para-hydroxylation sites is 1. The summed E-state index contributed by atoms with van der Waals surface area (Å²) in [4.78, 5) is 19.2. The molecule has 0 aliphatic carbocycles. The van der Waals surface area contributed by atoms with Crippen molar-refractivity contribution in [2.45, 2.75) is 19.4 Å². The van der Waals surface area contributed by atoms with Gasteiger partial charge in [-0.05, 0) is 31.0 Å². The molecule has 3 unspecified atom stereocenters. The molecule has 0 saturated carbocycles. The first-order chi connectivity index (χ1) is 9.70. The number of oxazole rings is 1. The van der Waals surface area contributed by atoms with E-state index in [1.54, 1.807) is 6.92 Å². The van der Waals surface area contributed by atoms with Crippen molar-refractivity contribution in [1.82, 2.24) is 15.2 Å². The zero-order chi connectivity index (χ0) is 13.7. The number of piperidine rings is 1. The summed E-state index contributed by atoms with van der Waals surface area (Å²) in [6, 6.07) is 5.77. The minimum absolute atomic E-state index is 0.0392. The number of aryl methyl sites for hydroxylation is 1. The van der Waals surface area contributed by atoms with Crippen LogP contribution in [0, 0.1) is 12.8 Å². The highest BCUT2D eigenvalue weighted by Gasteiger charge is 2.38. The van der Waals surface area contributed by atoms with E-state index in [2.05, 4.69) is 15.2 Å². The highest BCUT2D eigenvalue weighted by molar-refractivity contribution is 6.04. The number of fused-ring (bicyclic) bond motifs is 3. The van der Waals surface area contributed by atoms with Crippen LogP contribution in [0.15, 0.2) is 22.6 Å². The smallest absolute Gasteiger partial charge is 0.253 e. The topological polar surface area (TPSA) is 58.4 Å². The van der Waals surface area contributed by atoms with Gasteiger partial charge in [-0.2, -0.15) is 0 Å². The van der Waals surface area contributed by atoms with E-state index in [1.165, 1.54) is 13.0 Å². The molecule has 1 aromatic carbocycles. The highest BCUT2D eigenvalue weighted by atomic mass is 16.3. The lowest BCUT2D eigenvalue weighted by atomic mass is 9.99. The molecular formula is C15H17N3O2. The van der Waals surface area contributed by atoms with Crippen LogP contribution < -0.4 is 5.32 Å². The van der Waals surface area contributed by atoms with Gasteiger partial charge >= 0.3 is 0 Å². The van der Waals surface area contributed by atoms with Crippen LogP contribution in [0.4, 0.5) is 0 Å². The lowest BCUT2D eigenvalue weighted by Crippen LogP contribution is -2.43. The lowest BCUT2D eigenvalue weighted by molar-refractivity contribution is 0.0926. The lowest BCUT2D eigenvalue weighted by Gasteiger charge is -2.23. The van der Waals surface area contributed by atoms with Crippen molar-refractivity contribution in [3.8, 4) is 0 Å². The molecule has 5 heteroatoms. The van der Waals surface area contributed by atoms with Gasteiger partial charge in [-0.3, -0.25) is 4.79 Å². The second-order valence-corrected chi connectivity index (χ2v) is 5.77. The van der Waals surface area contributed by atoms with Gasteiger partial charge in [0.15, 0.2) is 11.5 Å². The molecule has 2 saturated heterocycles. The van der Waals surface area contributed by atoms with Crippen molar-refractivity contribution >= 4 is 17.0 Å². The Bertz CT molecular complexity index is 679. The zero-order valence-corrected chi connectivity index (χ0v) is 11.4. The molecule has 0 spiro atoms. The Kier molecular flexibility index (Phi) is 2.57. The summed E-state index contributed by atoms with van der Waals surface area (Å²) >= 11 is 0. The Labute approximate surface area is 117 Å². The van der Waals surface area contributed by atoms with Gasteiger partial charge in [0.25, 0.3) is 5.91 Å². The Morgan fingerprint density at radius 3 is 3.10 bits per heavy atom. The van der Waals surface area contributed by atoms with E-state index in [0.29, 0.717) is 28.5 Å². The Morgan fingerprint density at radius 1 is 1.45 bits per heavy atom. The molecule has 2 aromatic rings. The van der Waals surface area contributed by atoms with E-state index < -0.39 is 0 Å². The maximum Gasteiger partial charge on any atom is 0.253 e. The van der Waals surface area contributed by atoms with Gasteiger partial charge < -0.3 is 14.6 Å². The molecule has 2 fully saturated rings. The van der Waals surface area contributed by atoms with Crippen molar-refractivity contribution in [1.29, 1.82) is 0 Å². The first kappa shape index (κ1) is 11.9. The van der Waals surface area contributed by atoms with Crippen molar-refractivity contribution in [3.05, 3.63) is 29.7 Å². The van der Waals surface area contributed by atoms with Crippen LogP contribution in [0.2, 0.25) is 0 Å². The maximum atomic E-state index is 12.5. The van der Waals surface area contributed by atoms with E-state index in [-0.39, 0.29) is 11.9 Å². The number of hydrogen-bond acceptors (Lipinski definition) is 4. The van der Waals surface area contributed by atoms with Crippen LogP contribution in [-0.2, 0) is 0 Å². The van der Waals surface area contributed by atoms with Crippen LogP contribution in [0.1, 0.15) is 22.7 Å². The molecule has 2 aliphatic rings. The number of amides is 1. The van der Waals surface area contributed by atoms with Gasteiger partial charge in [0.05, 0.1) is 5.56 Å². The highest BCUT2D eigenvalue weighted by Crippen LogP contribution is 2.28. The average Bonchev–Trinajstić information content (AvgIpc) is 3.10. The van der Waals surface area contributed by atoms with E-state index in [4.69, 9.17) is 4.42 Å². The molecular weight excluding hydrogens is 254 g/mol. The first-order valence-corrected chi connectivity index (χ1v) is 7.10. The van der Waals surface area contributed by atoms with Crippen molar-refractivity contribution in [2.24, 2.45) is 5.92 Å². The summed E-state index contributed by atoms with van der Waals surface area (Å²) in [6.07, 6.45) is 1.19. The number of carbonyl (C=O) groups excluding carboxylic acids is 1. The van der Waals surface area contributed by atoms with Gasteiger partial charge in [0.2, 0.25) is 0 Å². The van der Waals surface area contributed by atoms with Gasteiger partial charge in [-0.1, -0.05) is 6.07 Å². The number of benzene rings is 1. The number of nitrogens with zero attached hydrogens (tertiary/aromatic N) is 2. The first-order valence-electron chi connectivity index (χ1n) is 7.10. The molecule has 3 heterocycles. The van der Waals surface area contributed by atoms with Gasteiger partial charge in [-0.25, -0.2) is 4.98 Å². The summed E-state index contributed by atoms with van der Waals surface area (Å²) in [6.45, 7) is 5.07. The van der Waals surface area contributed by atoms with Crippen LogP contribution in [0.25, 0.3) is 11.1 Å². The molecule has 3 atom stereocenters. The molecule has 2 bridgehead atoms. The fourth-order valence-corrected chi connectivity index (χ4v) is 3.44. The number of hydrogen-bond donors (Lipinski definition) is 1. The predicted molar refractivity (Wildman–Crippen MR) is 74.5 cm³/mol. The predicted octanol–water partition coefficient (Wildman–Crippen LogP) is 1.57. The molecule has 0 radical (unpaired) electrons. The largest absolute Gasteiger partial charge is 0.441 e. The Hall–Kier alpha value is -1.88. The number of nitrogens with one attached hydrogen (secondary N) is 1. The molecule has 20 heavy (non-hydrogen) atoms. The van der Waals surface area contributed by atoms with Crippen LogP contribution in [-0.4, -0.2) is 41.5 Å². The SMILES string of the molecule is Cc1nc2c(C(=O)NC3CN4CCC3C4)cccc2o1. The third-order valence-electron chi connectivity index (χ3n) is 4.42. The zero-order valence-electron chi connectivity index (χ0n) is 11.4. The summed E-state index contributed by atoms with van der Waals surface area (Å²) in [5.74, 6) is 1.16. The van der Waals surface area contributed by atoms with Crippen LogP contribution >= 0.6 is 0 Å². The second kappa shape index (κ2) is 4.31. The van der Waals surface area contributed by atoms with Gasteiger partial charge in [-0.15, -0.1) is 0 Å². The molecule has 5 nitrogen and oxygen atoms in total. The summed E-state index contributed by atoms with van der Waals surface area (Å²) in [5, 5.41) is 3.17. The van der Waals surface area contributed by atoms with Crippen molar-refractivity contribution in [2.75, 3.05) is 19.6 Å². The maximum absolute atomic E-state index is 12.5. The number of carbonyl (C=O) groups is 1. The minimum Gasteiger partial charge on any atom is -0.441 e. The third kappa shape index (κ3) is 1.81. The van der Waals surface area contributed by atoms with Gasteiger partial charge in [0, 0.05) is 26.1 Å². The average molecular weight is 271 g/mol. The van der Waals surface area contributed by atoms with E-state index in [1.807, 2.05) is 18.2 Å². The minimum atomic E-state index is -0.0392. The summed E-state index contributed by atoms with van der Waals surface area (Å²) in [7, 11) is 0. The third-order valence-corrected chi connectivity index (χ3v) is 4.42. The van der Waals surface area contributed by atoms with Crippen molar-refractivity contribution in [3.63, 3.8) is 0 Å². The standard InChI is InChI=1S/C15H17N3O2/c1-9-16-14-11(3-2-4-13(14)20-9)15(19)17-12-8-18-6-5-10(12)7-18/h2-4,10,12H,5-8H2,1H3,(H,17,19). The van der Waals surface area contributed by atoms with Crippen LogP contribution in [0.3, 0.4) is 0 Å². The molecule has 1 aromatic heterocycles. The summed E-state index contributed by atoms with van der Waals surface area (Å²) in [5.41, 5.74) is 1.94. The van der Waals surface area contributed by atoms with Gasteiger partial charge in [0.1, 0.15) is 5.52 Å². The van der Waals surface area contributed by atoms with Crippen molar-refractivity contribution < 1.29 is 9.21 Å². The molecule has 1 N–H and O–H groups in total. The monoisotopic (exact) mass is 271 g/mol. The fraction of sp³-hybridized carbons (Fsp3) is 0.467. The number of aromatic nitrogens is 1. The fourth-order valence-electron chi connectivity index (χ4n) is 3.44. The molecule has 1 amide bonds. The van der Waals surface area contributed by atoms with E-state index in [0.717, 1.165) is 13.1 Å². The number of rotatable bonds is 2. The Morgan fingerprint density at radius 2 is 2.35 bits per heavy atom. The molecule has 104 valence electrons. The summed E-state index contributed by atoms with van der Waals surface area (Å²) < 4.78 is 5.48. The normalized spacial score (nSPS) is 28.1. The Balaban J connectivity index is 1.61. The molecule has 4 rings (SSSR count). The molecule has 2 aliphatic heterocycles. The van der Waals surface area contributed by atoms with Crippen LogP contribution in [0.5, 0.6) is 0 Å². The van der Waals surface area contributed by atoms with E-state index >= 15 is 0 Å².